The average Bonchev–Trinajstić information content (AvgIpc) is 3.10. The Bertz CT molecular complexity index is 680. The predicted octanol–water partition coefficient (Wildman–Crippen LogP) is 3.40. The fraction of sp³-hybridized carbons (Fsp3) is 0.421. The van der Waals surface area contributed by atoms with Crippen molar-refractivity contribution >= 4 is 5.91 Å². The van der Waals surface area contributed by atoms with Crippen LogP contribution in [0, 0.1) is 11.7 Å². The number of aryl methyl sites for hydroxylation is 1. The van der Waals surface area contributed by atoms with Crippen LogP contribution >= 0.6 is 0 Å². The molecule has 1 saturated heterocycles. The van der Waals surface area contributed by atoms with Gasteiger partial charge in [0.2, 0.25) is 0 Å². The molecule has 24 heavy (non-hydrogen) atoms. The molecule has 1 aromatic heterocycles. The Morgan fingerprint density at radius 1 is 1.25 bits per heavy atom. The van der Waals surface area contributed by atoms with Gasteiger partial charge in [0.05, 0.1) is 0 Å². The second-order valence-corrected chi connectivity index (χ2v) is 6.35. The van der Waals surface area contributed by atoms with Crippen molar-refractivity contribution in [1.29, 1.82) is 0 Å². The molecule has 1 amide bonds. The number of benzene rings is 1. The number of furan rings is 1. The molecule has 1 atom stereocenters. The molecule has 1 unspecified atom stereocenters. The van der Waals surface area contributed by atoms with Gasteiger partial charge >= 0.3 is 0 Å². The van der Waals surface area contributed by atoms with E-state index < -0.39 is 0 Å². The van der Waals surface area contributed by atoms with E-state index in [0.29, 0.717) is 17.4 Å². The molecule has 1 aromatic carbocycles. The van der Waals surface area contributed by atoms with Gasteiger partial charge in [0.1, 0.15) is 18.2 Å². The number of hydrogen-bond donors (Lipinski definition) is 1. The average molecular weight is 331 g/mol. The highest BCUT2D eigenvalue weighted by Crippen LogP contribution is 2.23. The number of carbonyl (C=O) groups is 1. The van der Waals surface area contributed by atoms with Crippen LogP contribution < -0.4 is 0 Å². The van der Waals surface area contributed by atoms with Crippen LogP contribution in [0.4, 0.5) is 4.39 Å². The van der Waals surface area contributed by atoms with Crippen molar-refractivity contribution in [1.82, 2.24) is 4.90 Å². The largest absolute Gasteiger partial charge is 0.453 e. The zero-order chi connectivity index (χ0) is 16.9. The predicted molar refractivity (Wildman–Crippen MR) is 88.0 cm³/mol. The summed E-state index contributed by atoms with van der Waals surface area (Å²) in [4.78, 5) is 14.3. The second-order valence-electron chi connectivity index (χ2n) is 6.35. The van der Waals surface area contributed by atoms with E-state index in [1.807, 2.05) is 17.0 Å². The number of piperidine rings is 1. The molecule has 3 rings (SSSR count). The van der Waals surface area contributed by atoms with Crippen LogP contribution in [0.1, 0.15) is 41.1 Å². The van der Waals surface area contributed by atoms with E-state index in [9.17, 15) is 9.18 Å². The van der Waals surface area contributed by atoms with Crippen LogP contribution in [0.25, 0.3) is 0 Å². The minimum Gasteiger partial charge on any atom is -0.453 e. The Kier molecular flexibility index (Phi) is 5.30. The summed E-state index contributed by atoms with van der Waals surface area (Å²) < 4.78 is 18.3. The molecule has 0 spiro atoms. The van der Waals surface area contributed by atoms with E-state index >= 15 is 0 Å². The van der Waals surface area contributed by atoms with Crippen molar-refractivity contribution < 1.29 is 18.7 Å². The van der Waals surface area contributed by atoms with Crippen molar-refractivity contribution in [2.24, 2.45) is 5.92 Å². The maximum absolute atomic E-state index is 12.9. The van der Waals surface area contributed by atoms with Crippen LogP contribution in [-0.4, -0.2) is 29.0 Å². The maximum Gasteiger partial charge on any atom is 0.289 e. The summed E-state index contributed by atoms with van der Waals surface area (Å²) in [6.07, 6.45) is 3.95. The number of hydrogen-bond acceptors (Lipinski definition) is 3. The fourth-order valence-electron chi connectivity index (χ4n) is 3.24. The Morgan fingerprint density at radius 2 is 2.04 bits per heavy atom. The quantitative estimate of drug-likeness (QED) is 0.913. The Hall–Kier alpha value is -2.14. The minimum atomic E-state index is -0.214. The lowest BCUT2D eigenvalue weighted by atomic mass is 9.91. The third-order valence-corrected chi connectivity index (χ3v) is 4.59. The molecular weight excluding hydrogens is 309 g/mol. The summed E-state index contributed by atoms with van der Waals surface area (Å²) in [7, 11) is 0. The van der Waals surface area contributed by atoms with Crippen molar-refractivity contribution in [2.75, 3.05) is 13.1 Å². The smallest absolute Gasteiger partial charge is 0.289 e. The number of aliphatic hydroxyl groups is 1. The summed E-state index contributed by atoms with van der Waals surface area (Å²) in [6.45, 7) is 1.25. The van der Waals surface area contributed by atoms with Crippen molar-refractivity contribution in [3.8, 4) is 0 Å². The zero-order valence-corrected chi connectivity index (χ0v) is 13.6. The molecule has 1 aliphatic heterocycles. The molecular formula is C19H22FNO3. The van der Waals surface area contributed by atoms with Gasteiger partial charge < -0.3 is 14.4 Å². The van der Waals surface area contributed by atoms with E-state index in [4.69, 9.17) is 9.52 Å². The number of amides is 1. The number of likely N-dealkylation sites (tertiary alicyclic amines) is 1. The number of rotatable bonds is 5. The summed E-state index contributed by atoms with van der Waals surface area (Å²) in [5.41, 5.74) is 1.12. The first-order chi connectivity index (χ1) is 11.7. The van der Waals surface area contributed by atoms with E-state index in [0.717, 1.165) is 44.3 Å². The van der Waals surface area contributed by atoms with Crippen molar-refractivity contribution in [3.63, 3.8) is 0 Å². The fourth-order valence-corrected chi connectivity index (χ4v) is 3.24. The highest BCUT2D eigenvalue weighted by molar-refractivity contribution is 5.91. The lowest BCUT2D eigenvalue weighted by Crippen LogP contribution is -2.39. The van der Waals surface area contributed by atoms with Gasteiger partial charge in [-0.25, -0.2) is 4.39 Å². The molecule has 1 aliphatic rings. The van der Waals surface area contributed by atoms with E-state index in [2.05, 4.69) is 0 Å². The standard InChI is InChI=1S/C19H22FNO3/c20-16-7-5-14(6-8-16)3-4-15-2-1-11-21(12-15)19(23)18-10-9-17(13-22)24-18/h5-10,15,22H,1-4,11-13H2. The molecule has 1 N–H and O–H groups in total. The van der Waals surface area contributed by atoms with Crippen molar-refractivity contribution in [2.45, 2.75) is 32.3 Å². The van der Waals surface area contributed by atoms with Gasteiger partial charge in [-0.1, -0.05) is 12.1 Å². The molecule has 1 fully saturated rings. The Morgan fingerprint density at radius 3 is 2.75 bits per heavy atom. The Labute approximate surface area is 140 Å². The van der Waals surface area contributed by atoms with Gasteiger partial charge in [0, 0.05) is 13.1 Å². The van der Waals surface area contributed by atoms with Gasteiger partial charge in [-0.2, -0.15) is 0 Å². The molecule has 2 aromatic rings. The van der Waals surface area contributed by atoms with Crippen LogP contribution in [0.3, 0.4) is 0 Å². The monoisotopic (exact) mass is 331 g/mol. The minimum absolute atomic E-state index is 0.110. The van der Waals surface area contributed by atoms with Gasteiger partial charge in [-0.05, 0) is 61.4 Å². The lowest BCUT2D eigenvalue weighted by molar-refractivity contribution is 0.0632. The van der Waals surface area contributed by atoms with Gasteiger partial charge in [0.25, 0.3) is 5.91 Å². The van der Waals surface area contributed by atoms with Crippen molar-refractivity contribution in [3.05, 3.63) is 59.3 Å². The first kappa shape index (κ1) is 16.7. The van der Waals surface area contributed by atoms with Crippen LogP contribution in [0.5, 0.6) is 0 Å². The number of nitrogens with zero attached hydrogens (tertiary/aromatic N) is 1. The number of aliphatic hydroxyl groups excluding tert-OH is 1. The molecule has 0 saturated carbocycles. The molecule has 0 aliphatic carbocycles. The van der Waals surface area contributed by atoms with Gasteiger partial charge in [0.15, 0.2) is 5.76 Å². The SMILES string of the molecule is O=C(c1ccc(CO)o1)N1CCCC(CCc2ccc(F)cc2)C1. The molecule has 2 heterocycles. The summed E-state index contributed by atoms with van der Waals surface area (Å²) in [5.74, 6) is 0.816. The first-order valence-electron chi connectivity index (χ1n) is 8.39. The summed E-state index contributed by atoms with van der Waals surface area (Å²) in [5, 5.41) is 9.04. The van der Waals surface area contributed by atoms with E-state index in [1.54, 1.807) is 12.1 Å². The topological polar surface area (TPSA) is 53.7 Å². The number of carbonyl (C=O) groups excluding carboxylic acids is 1. The first-order valence-corrected chi connectivity index (χ1v) is 8.39. The molecule has 5 heteroatoms. The van der Waals surface area contributed by atoms with Crippen LogP contribution in [0.2, 0.25) is 0 Å². The van der Waals surface area contributed by atoms with Crippen LogP contribution in [0.15, 0.2) is 40.8 Å². The normalized spacial score (nSPS) is 17.9. The van der Waals surface area contributed by atoms with Gasteiger partial charge in [-0.15, -0.1) is 0 Å². The number of halogens is 1. The molecule has 0 radical (unpaired) electrons. The third-order valence-electron chi connectivity index (χ3n) is 4.59. The molecule has 128 valence electrons. The van der Waals surface area contributed by atoms with Crippen LogP contribution in [-0.2, 0) is 13.0 Å². The summed E-state index contributed by atoms with van der Waals surface area (Å²) in [6, 6.07) is 9.86. The highest BCUT2D eigenvalue weighted by Gasteiger charge is 2.26. The highest BCUT2D eigenvalue weighted by atomic mass is 19.1. The zero-order valence-electron chi connectivity index (χ0n) is 13.6. The van der Waals surface area contributed by atoms with E-state index in [1.165, 1.54) is 12.1 Å². The second kappa shape index (κ2) is 7.62. The molecule has 4 nitrogen and oxygen atoms in total. The molecule has 0 bridgehead atoms. The summed E-state index contributed by atoms with van der Waals surface area (Å²) >= 11 is 0. The maximum atomic E-state index is 12.9. The third kappa shape index (κ3) is 4.03. The van der Waals surface area contributed by atoms with E-state index in [-0.39, 0.29) is 18.3 Å². The van der Waals surface area contributed by atoms with Gasteiger partial charge in [-0.3, -0.25) is 4.79 Å². The lowest BCUT2D eigenvalue weighted by Gasteiger charge is -2.32. The Balaban J connectivity index is 1.55.